The number of benzene rings is 1. The number of amides is 1. The van der Waals surface area contributed by atoms with Crippen LogP contribution in [0.2, 0.25) is 0 Å². The van der Waals surface area contributed by atoms with Gasteiger partial charge in [0.1, 0.15) is 23.1 Å². The number of aryl methyl sites for hydroxylation is 1. The number of carbonyl (C=O) groups excluding carboxylic acids is 1. The number of fused-ring (bicyclic) bond motifs is 2. The van der Waals surface area contributed by atoms with Gasteiger partial charge >= 0.3 is 0 Å². The Morgan fingerprint density at radius 2 is 2.00 bits per heavy atom. The number of nitrogens with zero attached hydrogens (tertiary/aromatic N) is 4. The second-order valence-corrected chi connectivity index (χ2v) is 11.0. The Morgan fingerprint density at radius 1 is 1.17 bits per heavy atom. The lowest BCUT2D eigenvalue weighted by molar-refractivity contribution is -0.126. The van der Waals surface area contributed by atoms with Crippen molar-refractivity contribution in [3.05, 3.63) is 83.5 Å². The van der Waals surface area contributed by atoms with Gasteiger partial charge in [0.2, 0.25) is 5.91 Å². The van der Waals surface area contributed by atoms with E-state index in [0.717, 1.165) is 27.4 Å². The lowest BCUT2D eigenvalue weighted by Crippen LogP contribution is -2.35. The van der Waals surface area contributed by atoms with Crippen molar-refractivity contribution in [3.63, 3.8) is 0 Å². The number of aromatic nitrogens is 3. The molecule has 1 aliphatic heterocycles. The average Bonchev–Trinajstić information content (AvgIpc) is 3.60. The Kier molecular flexibility index (Phi) is 6.86. The summed E-state index contributed by atoms with van der Waals surface area (Å²) in [6, 6.07) is 5.86. The molecule has 41 heavy (non-hydrogen) atoms. The molecule has 5 heterocycles. The molecule has 0 bridgehead atoms. The van der Waals surface area contributed by atoms with Crippen LogP contribution in [0.25, 0.3) is 43.9 Å². The fourth-order valence-electron chi connectivity index (χ4n) is 5.14. The van der Waals surface area contributed by atoms with E-state index < -0.39 is 11.6 Å². The summed E-state index contributed by atoms with van der Waals surface area (Å²) in [4.78, 5) is 28.0. The number of carbonyl (C=O) groups is 1. The summed E-state index contributed by atoms with van der Waals surface area (Å²) >= 11 is 1.41. The van der Waals surface area contributed by atoms with Crippen molar-refractivity contribution in [3.8, 4) is 39.6 Å². The highest BCUT2D eigenvalue weighted by Crippen LogP contribution is 2.47. The van der Waals surface area contributed by atoms with Crippen molar-refractivity contribution < 1.29 is 22.7 Å². The maximum atomic E-state index is 15.8. The van der Waals surface area contributed by atoms with Crippen LogP contribution in [0.4, 0.5) is 8.78 Å². The van der Waals surface area contributed by atoms with Crippen molar-refractivity contribution in [2.24, 2.45) is 0 Å². The number of halogens is 2. The Labute approximate surface area is 239 Å². The zero-order chi connectivity index (χ0) is 28.8. The van der Waals surface area contributed by atoms with Crippen molar-refractivity contribution in [2.45, 2.75) is 39.8 Å². The first-order chi connectivity index (χ1) is 19.7. The Hall–Kier alpha value is -4.44. The first-order valence-corrected chi connectivity index (χ1v) is 14.0. The van der Waals surface area contributed by atoms with Crippen molar-refractivity contribution in [2.75, 3.05) is 6.54 Å². The second-order valence-electron chi connectivity index (χ2n) is 10.1. The van der Waals surface area contributed by atoms with Crippen LogP contribution in [0.15, 0.2) is 59.1 Å². The van der Waals surface area contributed by atoms with Crippen molar-refractivity contribution in [1.29, 1.82) is 0 Å². The van der Waals surface area contributed by atoms with E-state index in [-0.39, 0.29) is 23.3 Å². The normalized spacial score (nSPS) is 13.1. The Bertz CT molecular complexity index is 1830. The summed E-state index contributed by atoms with van der Waals surface area (Å²) in [5.41, 5.74) is 3.87. The van der Waals surface area contributed by atoms with E-state index in [1.807, 2.05) is 17.5 Å². The maximum Gasteiger partial charge on any atom is 0.246 e. The van der Waals surface area contributed by atoms with E-state index in [1.54, 1.807) is 38.1 Å². The molecule has 4 aromatic heterocycles. The Balaban J connectivity index is 1.65. The quantitative estimate of drug-likeness (QED) is 0.202. The molecule has 0 saturated carbocycles. The maximum absolute atomic E-state index is 15.8. The minimum atomic E-state index is -0.768. The van der Waals surface area contributed by atoms with Gasteiger partial charge in [-0.2, -0.15) is 0 Å². The molecule has 0 unspecified atom stereocenters. The van der Waals surface area contributed by atoms with Crippen LogP contribution in [-0.4, -0.2) is 38.4 Å². The van der Waals surface area contributed by atoms with Gasteiger partial charge in [0.05, 0.1) is 23.6 Å². The summed E-state index contributed by atoms with van der Waals surface area (Å²) in [5, 5.41) is 2.62. The minimum Gasteiger partial charge on any atom is -0.490 e. The molecular formula is C31H26F2N4O3S. The molecular weight excluding hydrogens is 546 g/mol. The second kappa shape index (κ2) is 10.5. The van der Waals surface area contributed by atoms with Crippen molar-refractivity contribution >= 4 is 27.3 Å². The zero-order valence-electron chi connectivity index (χ0n) is 22.7. The molecule has 10 heteroatoms. The standard InChI is InChI=1S/C31H26F2N4O3S/c1-5-26(38)37-8-6-23-19(15-37)10-18(13-35-23)29-28(27-22(33)11-20(32)12-24(27)39-16(2)3)31-21(7-9-41-31)30(36-29)25-14-34-17(4)40-25/h5,7,9-14,16H,1,6,8,15H2,2-4H3. The number of hydrogen-bond donors (Lipinski definition) is 0. The highest BCUT2D eigenvalue weighted by atomic mass is 32.1. The van der Waals surface area contributed by atoms with Gasteiger partial charge in [-0.25, -0.2) is 18.7 Å². The van der Waals surface area contributed by atoms with E-state index in [4.69, 9.17) is 19.1 Å². The fourth-order valence-corrected chi connectivity index (χ4v) is 6.09. The molecule has 0 saturated heterocycles. The van der Waals surface area contributed by atoms with E-state index in [0.29, 0.717) is 53.7 Å². The lowest BCUT2D eigenvalue weighted by atomic mass is 9.94. The van der Waals surface area contributed by atoms with E-state index in [1.165, 1.54) is 23.5 Å². The molecule has 0 aliphatic carbocycles. The molecule has 208 valence electrons. The zero-order valence-corrected chi connectivity index (χ0v) is 23.5. The molecule has 0 radical (unpaired) electrons. The fraction of sp³-hybridized carbons (Fsp3) is 0.226. The predicted octanol–water partition coefficient (Wildman–Crippen LogP) is 7.12. The third-order valence-electron chi connectivity index (χ3n) is 6.89. The summed E-state index contributed by atoms with van der Waals surface area (Å²) in [5.74, 6) is -0.648. The lowest BCUT2D eigenvalue weighted by Gasteiger charge is -2.27. The topological polar surface area (TPSA) is 81.4 Å². The minimum absolute atomic E-state index is 0.0761. The SMILES string of the molecule is C=CC(=O)N1CCc2ncc(-c3nc(-c4cnc(C)o4)c4ccsc4c3-c3c(F)cc(F)cc3OC(C)C)cc2C1. The van der Waals surface area contributed by atoms with E-state index in [9.17, 15) is 9.18 Å². The number of thiophene rings is 1. The number of rotatable bonds is 6. The Morgan fingerprint density at radius 3 is 2.73 bits per heavy atom. The summed E-state index contributed by atoms with van der Waals surface area (Å²) in [7, 11) is 0. The third-order valence-corrected chi connectivity index (χ3v) is 7.83. The van der Waals surface area contributed by atoms with E-state index in [2.05, 4.69) is 11.6 Å². The largest absolute Gasteiger partial charge is 0.490 e. The van der Waals surface area contributed by atoms with Crippen LogP contribution >= 0.6 is 11.3 Å². The number of pyridine rings is 2. The monoisotopic (exact) mass is 572 g/mol. The number of hydrogen-bond acceptors (Lipinski definition) is 7. The molecule has 0 N–H and O–H groups in total. The molecule has 7 nitrogen and oxygen atoms in total. The molecule has 0 fully saturated rings. The van der Waals surface area contributed by atoms with Gasteiger partial charge < -0.3 is 14.1 Å². The third kappa shape index (κ3) is 4.88. The molecule has 0 atom stereocenters. The first-order valence-electron chi connectivity index (χ1n) is 13.1. The molecule has 1 aliphatic rings. The van der Waals surface area contributed by atoms with Gasteiger partial charge in [-0.1, -0.05) is 6.58 Å². The van der Waals surface area contributed by atoms with Gasteiger partial charge in [0.25, 0.3) is 0 Å². The van der Waals surface area contributed by atoms with Gasteiger partial charge in [0, 0.05) is 71.7 Å². The van der Waals surface area contributed by atoms with Crippen LogP contribution in [0.3, 0.4) is 0 Å². The molecule has 1 aromatic carbocycles. The molecule has 1 amide bonds. The molecule has 6 rings (SSSR count). The van der Waals surface area contributed by atoms with Gasteiger partial charge in [-0.15, -0.1) is 11.3 Å². The van der Waals surface area contributed by atoms with E-state index >= 15 is 4.39 Å². The highest BCUT2D eigenvalue weighted by molar-refractivity contribution is 7.18. The smallest absolute Gasteiger partial charge is 0.246 e. The summed E-state index contributed by atoms with van der Waals surface area (Å²) in [6.07, 6.45) is 4.87. The van der Waals surface area contributed by atoms with Gasteiger partial charge in [0.15, 0.2) is 11.7 Å². The van der Waals surface area contributed by atoms with Crippen molar-refractivity contribution in [1.82, 2.24) is 19.9 Å². The highest BCUT2D eigenvalue weighted by Gasteiger charge is 2.28. The molecule has 5 aromatic rings. The van der Waals surface area contributed by atoms with Crippen LogP contribution in [0, 0.1) is 18.6 Å². The van der Waals surface area contributed by atoms with Crippen LogP contribution in [0.1, 0.15) is 31.0 Å². The summed E-state index contributed by atoms with van der Waals surface area (Å²) in [6.45, 7) is 9.85. The van der Waals surface area contributed by atoms with Crippen LogP contribution < -0.4 is 4.74 Å². The number of oxazole rings is 1. The average molecular weight is 573 g/mol. The predicted molar refractivity (Wildman–Crippen MR) is 154 cm³/mol. The molecule has 0 spiro atoms. The first kappa shape index (κ1) is 26.8. The van der Waals surface area contributed by atoms with Gasteiger partial charge in [-0.3, -0.25) is 9.78 Å². The van der Waals surface area contributed by atoms with Crippen LogP contribution in [-0.2, 0) is 17.8 Å². The van der Waals surface area contributed by atoms with Crippen LogP contribution in [0.5, 0.6) is 5.75 Å². The summed E-state index contributed by atoms with van der Waals surface area (Å²) < 4.78 is 42.8. The number of ether oxygens (including phenoxy) is 1. The van der Waals surface area contributed by atoms with Gasteiger partial charge in [-0.05, 0) is 43.0 Å².